The van der Waals surface area contributed by atoms with Crippen LogP contribution in [-0.4, -0.2) is 22.4 Å². The second-order valence-electron chi connectivity index (χ2n) is 4.44. The third-order valence-corrected chi connectivity index (χ3v) is 3.46. The van der Waals surface area contributed by atoms with Gasteiger partial charge in [-0.15, -0.1) is 0 Å². The zero-order valence-electron chi connectivity index (χ0n) is 11.1. The highest BCUT2D eigenvalue weighted by Gasteiger charge is 2.33. The molecule has 20 heavy (non-hydrogen) atoms. The van der Waals surface area contributed by atoms with E-state index in [1.807, 2.05) is 31.2 Å². The van der Waals surface area contributed by atoms with Gasteiger partial charge >= 0.3 is 0 Å². The summed E-state index contributed by atoms with van der Waals surface area (Å²) in [7, 11) is 0. The van der Waals surface area contributed by atoms with E-state index in [2.05, 4.69) is 10.4 Å². The fourth-order valence-electron chi connectivity index (χ4n) is 2.22. The Morgan fingerprint density at radius 1 is 1.40 bits per heavy atom. The predicted octanol–water partition coefficient (Wildman–Crippen LogP) is 2.92. The summed E-state index contributed by atoms with van der Waals surface area (Å²) in [6.45, 7) is 2.76. The number of furan rings is 2. The summed E-state index contributed by atoms with van der Waals surface area (Å²) < 4.78 is 10.9. The molecule has 1 aliphatic rings. The monoisotopic (exact) mass is 289 g/mol. The van der Waals surface area contributed by atoms with Crippen molar-refractivity contribution in [1.82, 2.24) is 10.3 Å². The molecule has 1 aliphatic heterocycles. The average Bonchev–Trinajstić information content (AvgIpc) is 3.19. The van der Waals surface area contributed by atoms with E-state index in [0.29, 0.717) is 11.5 Å². The predicted molar refractivity (Wildman–Crippen MR) is 79.4 cm³/mol. The Balaban J connectivity index is 1.90. The van der Waals surface area contributed by atoms with Crippen molar-refractivity contribution in [2.24, 2.45) is 5.10 Å². The molecule has 0 aromatic carbocycles. The summed E-state index contributed by atoms with van der Waals surface area (Å²) in [5, 5.41) is 10.1. The number of rotatable bonds is 3. The topological polar surface area (TPSA) is 53.9 Å². The van der Waals surface area contributed by atoms with Crippen LogP contribution in [0.5, 0.6) is 0 Å². The van der Waals surface area contributed by atoms with Crippen LogP contribution >= 0.6 is 12.2 Å². The maximum atomic E-state index is 5.51. The number of thiocarbonyl (C=S) groups is 1. The summed E-state index contributed by atoms with van der Waals surface area (Å²) in [4.78, 5) is 0. The van der Waals surface area contributed by atoms with Crippen molar-refractivity contribution in [3.63, 3.8) is 0 Å². The van der Waals surface area contributed by atoms with Gasteiger partial charge in [0.1, 0.15) is 23.3 Å². The molecule has 0 radical (unpaired) electrons. The Labute approximate surface area is 122 Å². The SMILES string of the molecule is CCNC(=S)N1N=C(c2ccco2)CC1c1ccco1. The van der Waals surface area contributed by atoms with Crippen molar-refractivity contribution in [2.45, 2.75) is 19.4 Å². The van der Waals surface area contributed by atoms with E-state index < -0.39 is 0 Å². The van der Waals surface area contributed by atoms with Gasteiger partial charge in [0.2, 0.25) is 0 Å². The molecule has 5 nitrogen and oxygen atoms in total. The van der Waals surface area contributed by atoms with Gasteiger partial charge in [-0.1, -0.05) is 0 Å². The molecule has 1 unspecified atom stereocenters. The molecule has 2 aromatic heterocycles. The second-order valence-corrected chi connectivity index (χ2v) is 4.83. The standard InChI is InChI=1S/C14H15N3O2S/c1-2-15-14(20)17-11(13-6-4-8-19-13)9-10(16-17)12-5-3-7-18-12/h3-8,11H,2,9H2,1H3,(H,15,20). The van der Waals surface area contributed by atoms with E-state index in [4.69, 9.17) is 21.1 Å². The first-order valence-corrected chi connectivity index (χ1v) is 6.92. The molecule has 104 valence electrons. The summed E-state index contributed by atoms with van der Waals surface area (Å²) in [6, 6.07) is 7.53. The number of nitrogens with one attached hydrogen (secondary N) is 1. The third-order valence-electron chi connectivity index (χ3n) is 3.12. The van der Waals surface area contributed by atoms with E-state index in [-0.39, 0.29) is 6.04 Å². The molecule has 3 rings (SSSR count). The van der Waals surface area contributed by atoms with Crippen LogP contribution in [0, 0.1) is 0 Å². The number of hydrogen-bond acceptors (Lipinski definition) is 4. The van der Waals surface area contributed by atoms with Crippen LogP contribution in [0.1, 0.15) is 30.9 Å². The van der Waals surface area contributed by atoms with Crippen molar-refractivity contribution in [1.29, 1.82) is 0 Å². The lowest BCUT2D eigenvalue weighted by atomic mass is 10.1. The Morgan fingerprint density at radius 3 is 2.85 bits per heavy atom. The van der Waals surface area contributed by atoms with Gasteiger partial charge in [-0.05, 0) is 43.4 Å². The van der Waals surface area contributed by atoms with Gasteiger partial charge in [-0.2, -0.15) is 5.10 Å². The Hall–Kier alpha value is -2.08. The lowest BCUT2D eigenvalue weighted by molar-refractivity contribution is 0.311. The number of hydrogen-bond donors (Lipinski definition) is 1. The Kier molecular flexibility index (Phi) is 3.56. The molecule has 1 atom stereocenters. The zero-order chi connectivity index (χ0) is 13.9. The molecule has 6 heteroatoms. The molecule has 0 spiro atoms. The number of nitrogens with zero attached hydrogens (tertiary/aromatic N) is 2. The first-order valence-electron chi connectivity index (χ1n) is 6.51. The van der Waals surface area contributed by atoms with Crippen LogP contribution in [0.2, 0.25) is 0 Å². The molecular weight excluding hydrogens is 274 g/mol. The minimum Gasteiger partial charge on any atom is -0.467 e. The molecule has 0 saturated carbocycles. The van der Waals surface area contributed by atoms with Gasteiger partial charge < -0.3 is 14.2 Å². The smallest absolute Gasteiger partial charge is 0.190 e. The van der Waals surface area contributed by atoms with Gasteiger partial charge in [0.15, 0.2) is 5.11 Å². The molecule has 0 amide bonds. The minimum atomic E-state index is -0.0309. The summed E-state index contributed by atoms with van der Waals surface area (Å²) in [6.07, 6.45) is 4.01. The van der Waals surface area contributed by atoms with Crippen molar-refractivity contribution in [3.8, 4) is 0 Å². The highest BCUT2D eigenvalue weighted by atomic mass is 32.1. The van der Waals surface area contributed by atoms with Gasteiger partial charge in [0.05, 0.1) is 12.5 Å². The van der Waals surface area contributed by atoms with Gasteiger partial charge in [-0.25, -0.2) is 5.01 Å². The van der Waals surface area contributed by atoms with E-state index in [1.54, 1.807) is 17.5 Å². The molecule has 0 saturated heterocycles. The van der Waals surface area contributed by atoms with Crippen LogP contribution in [0.4, 0.5) is 0 Å². The van der Waals surface area contributed by atoms with Gasteiger partial charge in [0, 0.05) is 13.0 Å². The Morgan fingerprint density at radius 2 is 2.20 bits per heavy atom. The fourth-order valence-corrected chi connectivity index (χ4v) is 2.54. The summed E-state index contributed by atoms with van der Waals surface area (Å²) >= 11 is 5.38. The molecule has 3 heterocycles. The van der Waals surface area contributed by atoms with Crippen LogP contribution in [0.3, 0.4) is 0 Å². The molecular formula is C14H15N3O2S. The van der Waals surface area contributed by atoms with Gasteiger partial charge in [0.25, 0.3) is 0 Å². The van der Waals surface area contributed by atoms with Crippen LogP contribution in [-0.2, 0) is 0 Å². The van der Waals surface area contributed by atoms with Gasteiger partial charge in [-0.3, -0.25) is 0 Å². The molecule has 0 aliphatic carbocycles. The lowest BCUT2D eigenvalue weighted by Gasteiger charge is -2.22. The van der Waals surface area contributed by atoms with Crippen molar-refractivity contribution >= 4 is 23.0 Å². The molecule has 0 bridgehead atoms. The molecule has 2 aromatic rings. The van der Waals surface area contributed by atoms with Crippen LogP contribution in [0.15, 0.2) is 50.7 Å². The summed E-state index contributed by atoms with van der Waals surface area (Å²) in [5.41, 5.74) is 0.872. The van der Waals surface area contributed by atoms with Crippen molar-refractivity contribution in [2.75, 3.05) is 6.54 Å². The fraction of sp³-hybridized carbons (Fsp3) is 0.286. The minimum absolute atomic E-state index is 0.0309. The van der Waals surface area contributed by atoms with E-state index >= 15 is 0 Å². The van der Waals surface area contributed by atoms with Crippen molar-refractivity contribution < 1.29 is 8.83 Å². The van der Waals surface area contributed by atoms with Crippen LogP contribution < -0.4 is 5.32 Å². The first-order chi connectivity index (χ1) is 9.79. The highest BCUT2D eigenvalue weighted by molar-refractivity contribution is 7.80. The molecule has 0 fully saturated rings. The Bertz CT molecular complexity index is 604. The number of hydrazone groups is 1. The zero-order valence-corrected chi connectivity index (χ0v) is 11.9. The maximum Gasteiger partial charge on any atom is 0.190 e. The third kappa shape index (κ3) is 2.34. The largest absolute Gasteiger partial charge is 0.467 e. The maximum absolute atomic E-state index is 5.51. The van der Waals surface area contributed by atoms with Crippen molar-refractivity contribution in [3.05, 3.63) is 48.3 Å². The first kappa shape index (κ1) is 12.9. The highest BCUT2D eigenvalue weighted by Crippen LogP contribution is 2.33. The lowest BCUT2D eigenvalue weighted by Crippen LogP contribution is -2.36. The van der Waals surface area contributed by atoms with Crippen LogP contribution in [0.25, 0.3) is 0 Å². The van der Waals surface area contributed by atoms with E-state index in [0.717, 1.165) is 23.8 Å². The van der Waals surface area contributed by atoms with E-state index in [1.165, 1.54) is 0 Å². The normalized spacial score (nSPS) is 18.1. The average molecular weight is 289 g/mol. The second kappa shape index (κ2) is 5.50. The van der Waals surface area contributed by atoms with E-state index in [9.17, 15) is 0 Å². The quantitative estimate of drug-likeness (QED) is 0.880. The summed E-state index contributed by atoms with van der Waals surface area (Å²) in [5.74, 6) is 1.61. The molecule has 1 N–H and O–H groups in total.